The van der Waals surface area contributed by atoms with Crippen molar-refractivity contribution in [3.05, 3.63) is 71.6 Å². The number of hydrogen-bond donors (Lipinski definition) is 4. The van der Waals surface area contributed by atoms with E-state index in [1.54, 1.807) is 0 Å². The summed E-state index contributed by atoms with van der Waals surface area (Å²) in [6, 6.07) is 11.6. The summed E-state index contributed by atoms with van der Waals surface area (Å²) in [6.07, 6.45) is 0.599. The minimum absolute atomic E-state index is 0.249. The maximum absolute atomic E-state index is 13.9. The van der Waals surface area contributed by atoms with E-state index >= 15 is 0 Å². The number of ether oxygens (including phenoxy) is 2. The molecule has 0 spiro atoms. The minimum Gasteiger partial charge on any atom is -0.505 e. The van der Waals surface area contributed by atoms with E-state index < -0.39 is 35.8 Å². The number of carbonyl (C=O) groups excluding carboxylic acids is 2. The van der Waals surface area contributed by atoms with E-state index in [4.69, 9.17) is 19.9 Å². The second-order valence-corrected chi connectivity index (χ2v) is 6.58. The summed E-state index contributed by atoms with van der Waals surface area (Å²) < 4.78 is 24.9. The predicted octanol–water partition coefficient (Wildman–Crippen LogP) is 3.55. The second kappa shape index (κ2) is 12.0. The van der Waals surface area contributed by atoms with Crippen LogP contribution in [0.2, 0.25) is 0 Å². The fourth-order valence-corrected chi connectivity index (χ4v) is 2.83. The van der Waals surface area contributed by atoms with Crippen LogP contribution in [0.25, 0.3) is 0 Å². The Bertz CT molecular complexity index is 1000. The molecule has 0 heterocycles. The lowest BCUT2D eigenvalue weighted by atomic mass is 10.00. The van der Waals surface area contributed by atoms with Gasteiger partial charge in [-0.05, 0) is 54.8 Å². The van der Waals surface area contributed by atoms with Crippen molar-refractivity contribution in [1.29, 1.82) is 5.26 Å². The van der Waals surface area contributed by atoms with Crippen LogP contribution in [0.5, 0.6) is 5.75 Å². The molecular weight excluding hydrogens is 421 g/mol. The van der Waals surface area contributed by atoms with E-state index in [-0.39, 0.29) is 12.0 Å². The molecule has 0 aliphatic heterocycles. The van der Waals surface area contributed by atoms with Gasteiger partial charge in [-0.3, -0.25) is 15.3 Å². The van der Waals surface area contributed by atoms with E-state index in [1.165, 1.54) is 49.0 Å². The number of nitrogens with one attached hydrogen (secondary N) is 2. The molecule has 0 aromatic heterocycles. The first-order valence-corrected chi connectivity index (χ1v) is 9.47. The Morgan fingerprint density at radius 3 is 2.56 bits per heavy atom. The van der Waals surface area contributed by atoms with Gasteiger partial charge in [-0.25, -0.2) is 14.7 Å². The van der Waals surface area contributed by atoms with Gasteiger partial charge in [0.1, 0.15) is 0 Å². The first kappa shape index (κ1) is 24.3. The smallest absolute Gasteiger partial charge is 0.412 e. The SMILES string of the molecule is CO[C@H](CC/C=C/C(=O)NO)[C@H](OC(=O)Nc1ccc(C#N)cc1)c1ccc(O)c(F)c1. The molecule has 2 amide bonds. The van der Waals surface area contributed by atoms with Gasteiger partial charge in [0, 0.05) is 18.9 Å². The third-order valence-electron chi connectivity index (χ3n) is 4.43. The first-order valence-electron chi connectivity index (χ1n) is 9.47. The molecular formula is C22H22FN3O6. The monoisotopic (exact) mass is 443 g/mol. The Morgan fingerprint density at radius 1 is 1.25 bits per heavy atom. The topological polar surface area (TPSA) is 141 Å². The second-order valence-electron chi connectivity index (χ2n) is 6.58. The van der Waals surface area contributed by atoms with Crippen molar-refractivity contribution in [3.8, 4) is 11.8 Å². The molecule has 0 saturated heterocycles. The summed E-state index contributed by atoms with van der Waals surface area (Å²) in [5, 5.41) is 29.4. The van der Waals surface area contributed by atoms with E-state index in [0.717, 1.165) is 18.2 Å². The Hall–Kier alpha value is -3.94. The fraction of sp³-hybridized carbons (Fsp3) is 0.227. The Morgan fingerprint density at radius 2 is 1.97 bits per heavy atom. The Labute approximate surface area is 183 Å². The van der Waals surface area contributed by atoms with Crippen LogP contribution in [0, 0.1) is 17.1 Å². The van der Waals surface area contributed by atoms with E-state index in [9.17, 15) is 19.1 Å². The molecule has 2 aromatic carbocycles. The van der Waals surface area contributed by atoms with Crippen molar-refractivity contribution < 1.29 is 33.8 Å². The van der Waals surface area contributed by atoms with Crippen LogP contribution < -0.4 is 10.8 Å². The largest absolute Gasteiger partial charge is 0.505 e. The molecule has 2 rings (SSSR count). The molecule has 2 atom stereocenters. The molecule has 168 valence electrons. The molecule has 0 saturated carbocycles. The van der Waals surface area contributed by atoms with Crippen LogP contribution in [-0.2, 0) is 14.3 Å². The predicted molar refractivity (Wildman–Crippen MR) is 111 cm³/mol. The quantitative estimate of drug-likeness (QED) is 0.264. The van der Waals surface area contributed by atoms with Gasteiger partial charge in [0.15, 0.2) is 17.7 Å². The molecule has 0 fully saturated rings. The highest BCUT2D eigenvalue weighted by molar-refractivity contribution is 5.86. The fourth-order valence-electron chi connectivity index (χ4n) is 2.83. The summed E-state index contributed by atoms with van der Waals surface area (Å²) in [5.41, 5.74) is 2.52. The lowest BCUT2D eigenvalue weighted by molar-refractivity contribution is -0.124. The number of nitriles is 1. The molecule has 10 heteroatoms. The van der Waals surface area contributed by atoms with Crippen molar-refractivity contribution in [2.45, 2.75) is 25.0 Å². The molecule has 32 heavy (non-hydrogen) atoms. The van der Waals surface area contributed by atoms with Gasteiger partial charge in [-0.15, -0.1) is 0 Å². The normalized spacial score (nSPS) is 12.6. The van der Waals surface area contributed by atoms with Gasteiger partial charge in [-0.1, -0.05) is 12.1 Å². The molecule has 0 unspecified atom stereocenters. The zero-order valence-corrected chi connectivity index (χ0v) is 17.1. The molecule has 2 aromatic rings. The third kappa shape index (κ3) is 7.09. The molecule has 0 bridgehead atoms. The van der Waals surface area contributed by atoms with Crippen LogP contribution in [0.1, 0.15) is 30.1 Å². The number of hydrogen-bond acceptors (Lipinski definition) is 7. The Balaban J connectivity index is 2.19. The van der Waals surface area contributed by atoms with Gasteiger partial charge in [0.05, 0.1) is 17.7 Å². The number of benzene rings is 2. The number of carbonyl (C=O) groups is 2. The van der Waals surface area contributed by atoms with E-state index in [1.807, 2.05) is 6.07 Å². The number of hydroxylamine groups is 1. The van der Waals surface area contributed by atoms with Crippen molar-refractivity contribution in [1.82, 2.24) is 5.48 Å². The van der Waals surface area contributed by atoms with Gasteiger partial charge in [0.2, 0.25) is 0 Å². The van der Waals surface area contributed by atoms with Crippen LogP contribution in [0.4, 0.5) is 14.9 Å². The highest BCUT2D eigenvalue weighted by atomic mass is 19.1. The lowest BCUT2D eigenvalue weighted by Crippen LogP contribution is -2.28. The zero-order valence-electron chi connectivity index (χ0n) is 17.1. The van der Waals surface area contributed by atoms with Gasteiger partial charge < -0.3 is 14.6 Å². The number of rotatable bonds is 9. The number of phenols is 1. The van der Waals surface area contributed by atoms with E-state index in [0.29, 0.717) is 17.7 Å². The summed E-state index contributed by atoms with van der Waals surface area (Å²) in [7, 11) is 1.39. The number of anilines is 1. The maximum atomic E-state index is 13.9. The van der Waals surface area contributed by atoms with Crippen molar-refractivity contribution in [2.24, 2.45) is 0 Å². The number of methoxy groups -OCH3 is 1. The third-order valence-corrected chi connectivity index (χ3v) is 4.43. The molecule has 4 N–H and O–H groups in total. The summed E-state index contributed by atoms with van der Waals surface area (Å²) in [6.45, 7) is 0. The van der Waals surface area contributed by atoms with Crippen LogP contribution in [0.15, 0.2) is 54.6 Å². The van der Waals surface area contributed by atoms with Crippen LogP contribution in [0.3, 0.4) is 0 Å². The Kier molecular flexibility index (Phi) is 9.16. The average Bonchev–Trinajstić information content (AvgIpc) is 2.80. The highest BCUT2D eigenvalue weighted by Gasteiger charge is 2.28. The van der Waals surface area contributed by atoms with Gasteiger partial charge in [-0.2, -0.15) is 5.26 Å². The molecule has 0 aliphatic rings. The van der Waals surface area contributed by atoms with Crippen molar-refractivity contribution in [2.75, 3.05) is 12.4 Å². The standard InChI is InChI=1S/C22H22FN3O6/c1-31-19(4-2-3-5-20(28)26-30)21(15-8-11-18(27)17(23)12-15)32-22(29)25-16-9-6-14(13-24)7-10-16/h3,5-12,19,21,27,30H,2,4H2,1H3,(H,25,29)(H,26,28)/b5-3+/t19-,21-/m1/s1. The number of allylic oxidation sites excluding steroid dienone is 1. The van der Waals surface area contributed by atoms with E-state index in [2.05, 4.69) is 5.32 Å². The maximum Gasteiger partial charge on any atom is 0.412 e. The summed E-state index contributed by atoms with van der Waals surface area (Å²) in [4.78, 5) is 23.6. The zero-order chi connectivity index (χ0) is 23.5. The number of aromatic hydroxyl groups is 1. The first-order chi connectivity index (χ1) is 15.4. The highest BCUT2D eigenvalue weighted by Crippen LogP contribution is 2.30. The number of halogens is 1. The summed E-state index contributed by atoms with van der Waals surface area (Å²) >= 11 is 0. The average molecular weight is 443 g/mol. The van der Waals surface area contributed by atoms with Crippen LogP contribution >= 0.6 is 0 Å². The van der Waals surface area contributed by atoms with Crippen molar-refractivity contribution in [3.63, 3.8) is 0 Å². The lowest BCUT2D eigenvalue weighted by Gasteiger charge is -2.26. The number of amides is 2. The van der Waals surface area contributed by atoms with Gasteiger partial charge in [0.25, 0.3) is 5.91 Å². The summed E-state index contributed by atoms with van der Waals surface area (Å²) in [5.74, 6) is -2.14. The van der Waals surface area contributed by atoms with Gasteiger partial charge >= 0.3 is 6.09 Å². The number of nitrogens with zero attached hydrogens (tertiary/aromatic N) is 1. The van der Waals surface area contributed by atoms with Crippen molar-refractivity contribution >= 4 is 17.7 Å². The minimum atomic E-state index is -1.05. The number of phenolic OH excluding ortho intramolecular Hbond substituents is 1. The molecule has 0 aliphatic carbocycles. The van der Waals surface area contributed by atoms with Crippen LogP contribution in [-0.4, -0.2) is 35.5 Å². The molecule has 0 radical (unpaired) electrons. The molecule has 9 nitrogen and oxygen atoms in total.